The highest BCUT2D eigenvalue weighted by Gasteiger charge is 2.36. The van der Waals surface area contributed by atoms with E-state index in [2.05, 4.69) is 26.7 Å². The number of rotatable bonds is 4. The largest absolute Gasteiger partial charge is 0.352 e. The lowest BCUT2D eigenvalue weighted by Crippen LogP contribution is -2.32. The van der Waals surface area contributed by atoms with Gasteiger partial charge in [0.05, 0.1) is 5.92 Å². The summed E-state index contributed by atoms with van der Waals surface area (Å²) < 4.78 is 0. The highest BCUT2D eigenvalue weighted by molar-refractivity contribution is 7.13. The molecule has 4 heterocycles. The van der Waals surface area contributed by atoms with Crippen LogP contribution in [0.5, 0.6) is 0 Å². The van der Waals surface area contributed by atoms with E-state index in [1.54, 1.807) is 11.1 Å². The van der Waals surface area contributed by atoms with Crippen LogP contribution in [-0.4, -0.2) is 34.9 Å². The Morgan fingerprint density at radius 1 is 1.44 bits per heavy atom. The minimum absolute atomic E-state index is 0.0448. The molecule has 0 radical (unpaired) electrons. The monoisotopic (exact) mass is 357 g/mol. The Morgan fingerprint density at radius 2 is 2.36 bits per heavy atom. The van der Waals surface area contributed by atoms with Gasteiger partial charge in [0, 0.05) is 62.5 Å². The molecule has 0 aromatic carbocycles. The number of nitrogens with zero attached hydrogens (tertiary/aromatic N) is 3. The molecule has 0 bridgehead atoms. The van der Waals surface area contributed by atoms with E-state index in [0.29, 0.717) is 18.2 Å². The van der Waals surface area contributed by atoms with Gasteiger partial charge in [0.2, 0.25) is 11.8 Å². The third-order valence-corrected chi connectivity index (χ3v) is 5.38. The Labute approximate surface area is 149 Å². The molecule has 1 unspecified atom stereocenters. The Hall–Kier alpha value is -2.32. The van der Waals surface area contributed by atoms with E-state index >= 15 is 0 Å². The van der Waals surface area contributed by atoms with Gasteiger partial charge >= 0.3 is 0 Å². The lowest BCUT2D eigenvalue weighted by Gasteiger charge is -2.17. The number of carbonyl (C=O) groups is 2. The smallest absolute Gasteiger partial charge is 0.229 e. The van der Waals surface area contributed by atoms with Crippen molar-refractivity contribution in [2.24, 2.45) is 5.92 Å². The summed E-state index contributed by atoms with van der Waals surface area (Å²) in [6.07, 6.45) is 4.67. The van der Waals surface area contributed by atoms with Crippen LogP contribution in [0, 0.1) is 5.92 Å². The molecule has 1 fully saturated rings. The fourth-order valence-electron chi connectivity index (χ4n) is 3.24. The van der Waals surface area contributed by atoms with E-state index in [4.69, 9.17) is 0 Å². The Bertz CT molecular complexity index is 792. The average molecular weight is 357 g/mol. The molecule has 2 N–H and O–H groups in total. The number of fused-ring (bicyclic) bond motifs is 1. The second kappa shape index (κ2) is 6.89. The zero-order chi connectivity index (χ0) is 17.2. The van der Waals surface area contributed by atoms with E-state index in [9.17, 15) is 9.59 Å². The average Bonchev–Trinajstić information content (AvgIpc) is 3.29. The quantitative estimate of drug-likeness (QED) is 0.847. The lowest BCUT2D eigenvalue weighted by atomic mass is 10.0. The van der Waals surface area contributed by atoms with Crippen molar-refractivity contribution >= 4 is 28.3 Å². The van der Waals surface area contributed by atoms with Crippen molar-refractivity contribution in [3.8, 4) is 0 Å². The SMILES string of the molecule is O=C(NCc1cnc2c(c1)CNCC2)C1CC(=O)N(c2nccs2)C1. The summed E-state index contributed by atoms with van der Waals surface area (Å²) >= 11 is 1.41. The van der Waals surface area contributed by atoms with Crippen LogP contribution < -0.4 is 15.5 Å². The minimum atomic E-state index is -0.330. The fraction of sp³-hybridized carbons (Fsp3) is 0.412. The van der Waals surface area contributed by atoms with Crippen LogP contribution in [0.15, 0.2) is 23.8 Å². The normalized spacial score (nSPS) is 19.8. The summed E-state index contributed by atoms with van der Waals surface area (Å²) in [4.78, 5) is 34.8. The molecule has 25 heavy (non-hydrogen) atoms. The number of nitrogens with one attached hydrogen (secondary N) is 2. The summed E-state index contributed by atoms with van der Waals surface area (Å²) in [6, 6.07) is 2.09. The zero-order valence-corrected chi connectivity index (χ0v) is 14.5. The van der Waals surface area contributed by atoms with Gasteiger partial charge in [-0.25, -0.2) is 4.98 Å². The number of aromatic nitrogens is 2. The first-order valence-corrected chi connectivity index (χ1v) is 9.23. The maximum Gasteiger partial charge on any atom is 0.229 e. The molecular weight excluding hydrogens is 338 g/mol. The topological polar surface area (TPSA) is 87.2 Å². The van der Waals surface area contributed by atoms with Crippen molar-refractivity contribution in [2.75, 3.05) is 18.0 Å². The second-order valence-electron chi connectivity index (χ2n) is 6.31. The molecule has 0 saturated carbocycles. The second-order valence-corrected chi connectivity index (χ2v) is 7.19. The van der Waals surface area contributed by atoms with Crippen LogP contribution in [0.3, 0.4) is 0 Å². The van der Waals surface area contributed by atoms with E-state index in [1.165, 1.54) is 16.9 Å². The van der Waals surface area contributed by atoms with Gasteiger partial charge in [0.1, 0.15) is 0 Å². The van der Waals surface area contributed by atoms with Crippen molar-refractivity contribution in [3.05, 3.63) is 40.7 Å². The van der Waals surface area contributed by atoms with Gasteiger partial charge in [-0.1, -0.05) is 0 Å². The predicted octanol–water partition coefficient (Wildman–Crippen LogP) is 0.853. The zero-order valence-electron chi connectivity index (χ0n) is 13.7. The van der Waals surface area contributed by atoms with Crippen LogP contribution in [0.2, 0.25) is 0 Å². The van der Waals surface area contributed by atoms with Gasteiger partial charge < -0.3 is 10.6 Å². The Kier molecular flexibility index (Phi) is 4.46. The van der Waals surface area contributed by atoms with Crippen molar-refractivity contribution < 1.29 is 9.59 Å². The van der Waals surface area contributed by atoms with Gasteiger partial charge in [-0.2, -0.15) is 0 Å². The van der Waals surface area contributed by atoms with Gasteiger partial charge in [0.25, 0.3) is 0 Å². The highest BCUT2D eigenvalue weighted by Crippen LogP contribution is 2.26. The molecule has 2 aliphatic rings. The molecule has 0 aliphatic carbocycles. The van der Waals surface area contributed by atoms with Crippen LogP contribution in [-0.2, 0) is 29.1 Å². The predicted molar refractivity (Wildman–Crippen MR) is 94.1 cm³/mol. The lowest BCUT2D eigenvalue weighted by molar-refractivity contribution is -0.126. The molecule has 2 aromatic heterocycles. The molecule has 7 nitrogen and oxygen atoms in total. The van der Waals surface area contributed by atoms with E-state index in [0.717, 1.165) is 30.8 Å². The van der Waals surface area contributed by atoms with Gasteiger partial charge in [0.15, 0.2) is 5.13 Å². The summed E-state index contributed by atoms with van der Waals surface area (Å²) in [6.45, 7) is 2.61. The van der Waals surface area contributed by atoms with E-state index in [1.807, 2.05) is 11.6 Å². The first-order chi connectivity index (χ1) is 12.2. The molecular formula is C17H19N5O2S. The summed E-state index contributed by atoms with van der Waals surface area (Å²) in [5.41, 5.74) is 3.31. The first kappa shape index (κ1) is 16.2. The number of hydrogen-bond donors (Lipinski definition) is 2. The Balaban J connectivity index is 1.36. The molecule has 8 heteroatoms. The minimum Gasteiger partial charge on any atom is -0.352 e. The maximum absolute atomic E-state index is 12.4. The molecule has 2 aromatic rings. The number of amides is 2. The van der Waals surface area contributed by atoms with Crippen LogP contribution in [0.25, 0.3) is 0 Å². The summed E-state index contributed by atoms with van der Waals surface area (Å²) in [5.74, 6) is -0.469. The molecule has 0 spiro atoms. The maximum atomic E-state index is 12.4. The van der Waals surface area contributed by atoms with E-state index < -0.39 is 0 Å². The molecule has 1 saturated heterocycles. The number of thiazole rings is 1. The molecule has 130 valence electrons. The summed E-state index contributed by atoms with van der Waals surface area (Å²) in [7, 11) is 0. The fourth-order valence-corrected chi connectivity index (χ4v) is 3.91. The van der Waals surface area contributed by atoms with Crippen LogP contribution in [0.1, 0.15) is 23.2 Å². The standard InChI is InChI=1S/C17H19N5O2S/c23-15-6-13(10-22(15)17-19-3-4-25-17)16(24)21-8-11-5-12-9-18-2-1-14(12)20-7-11/h3-5,7,13,18H,1-2,6,8-10H2,(H,21,24). The van der Waals surface area contributed by atoms with Crippen molar-refractivity contribution in [1.29, 1.82) is 0 Å². The van der Waals surface area contributed by atoms with Crippen molar-refractivity contribution in [3.63, 3.8) is 0 Å². The van der Waals surface area contributed by atoms with Crippen molar-refractivity contribution in [2.45, 2.75) is 25.9 Å². The highest BCUT2D eigenvalue weighted by atomic mass is 32.1. The van der Waals surface area contributed by atoms with Crippen LogP contribution >= 0.6 is 11.3 Å². The van der Waals surface area contributed by atoms with Crippen molar-refractivity contribution in [1.82, 2.24) is 20.6 Å². The number of hydrogen-bond acceptors (Lipinski definition) is 6. The Morgan fingerprint density at radius 3 is 3.20 bits per heavy atom. The number of pyridine rings is 1. The van der Waals surface area contributed by atoms with E-state index in [-0.39, 0.29) is 24.2 Å². The van der Waals surface area contributed by atoms with Gasteiger partial charge in [-0.3, -0.25) is 19.5 Å². The molecule has 2 amide bonds. The molecule has 2 aliphatic heterocycles. The van der Waals surface area contributed by atoms with Gasteiger partial charge in [-0.05, 0) is 17.2 Å². The third kappa shape index (κ3) is 3.40. The van der Waals surface area contributed by atoms with Gasteiger partial charge in [-0.15, -0.1) is 11.3 Å². The first-order valence-electron chi connectivity index (χ1n) is 8.35. The third-order valence-electron chi connectivity index (χ3n) is 4.58. The van der Waals surface area contributed by atoms with Crippen LogP contribution in [0.4, 0.5) is 5.13 Å². The molecule has 1 atom stereocenters. The number of anilines is 1. The summed E-state index contributed by atoms with van der Waals surface area (Å²) in [5, 5.41) is 8.75. The molecule has 4 rings (SSSR count). The number of carbonyl (C=O) groups excluding carboxylic acids is 2.